The average Bonchev–Trinajstić information content (AvgIpc) is 2.70. The van der Waals surface area contributed by atoms with Crippen LogP contribution in [-0.4, -0.2) is 48.6 Å². The maximum atomic E-state index is 12.7. The molecular formula is C20H24N2O5. The SMILES string of the molecule is CCOC(=O)CCN(Cc1ccccn1)C(=O)COc1ccccc1OC. The van der Waals surface area contributed by atoms with E-state index in [0.29, 0.717) is 18.1 Å². The number of carbonyl (C=O) groups excluding carboxylic acids is 2. The molecule has 0 radical (unpaired) electrons. The maximum absolute atomic E-state index is 12.7. The van der Waals surface area contributed by atoms with Crippen LogP contribution in [0.4, 0.5) is 0 Å². The van der Waals surface area contributed by atoms with Gasteiger partial charge in [-0.1, -0.05) is 18.2 Å². The third-order valence-corrected chi connectivity index (χ3v) is 3.74. The first kappa shape index (κ1) is 20.2. The van der Waals surface area contributed by atoms with Crippen molar-refractivity contribution in [2.45, 2.75) is 19.9 Å². The quantitative estimate of drug-likeness (QED) is 0.596. The molecular weight excluding hydrogens is 348 g/mol. The van der Waals surface area contributed by atoms with E-state index >= 15 is 0 Å². The van der Waals surface area contributed by atoms with Gasteiger partial charge in [-0.3, -0.25) is 14.6 Å². The summed E-state index contributed by atoms with van der Waals surface area (Å²) in [6.07, 6.45) is 1.77. The van der Waals surface area contributed by atoms with Gasteiger partial charge in [0.25, 0.3) is 5.91 Å². The number of hydrogen-bond donors (Lipinski definition) is 0. The molecule has 0 unspecified atom stereocenters. The van der Waals surface area contributed by atoms with Crippen molar-refractivity contribution in [3.8, 4) is 11.5 Å². The lowest BCUT2D eigenvalue weighted by Gasteiger charge is -2.22. The second-order valence-electron chi connectivity index (χ2n) is 5.63. The fraction of sp³-hybridized carbons (Fsp3) is 0.350. The van der Waals surface area contributed by atoms with Gasteiger partial charge in [-0.25, -0.2) is 0 Å². The smallest absolute Gasteiger partial charge is 0.307 e. The number of amides is 1. The molecule has 0 aliphatic rings. The number of carbonyl (C=O) groups is 2. The zero-order chi connectivity index (χ0) is 19.5. The van der Waals surface area contributed by atoms with Gasteiger partial charge in [-0.2, -0.15) is 0 Å². The molecule has 7 heteroatoms. The maximum Gasteiger partial charge on any atom is 0.307 e. The summed E-state index contributed by atoms with van der Waals surface area (Å²) in [6.45, 7) is 2.40. The van der Waals surface area contributed by atoms with Crippen LogP contribution >= 0.6 is 0 Å². The molecule has 27 heavy (non-hydrogen) atoms. The Balaban J connectivity index is 2.01. The Labute approximate surface area is 158 Å². The van der Waals surface area contributed by atoms with Crippen molar-refractivity contribution in [2.75, 3.05) is 26.9 Å². The van der Waals surface area contributed by atoms with Crippen LogP contribution in [0, 0.1) is 0 Å². The number of aromatic nitrogens is 1. The summed E-state index contributed by atoms with van der Waals surface area (Å²) in [5.41, 5.74) is 0.729. The normalized spacial score (nSPS) is 10.1. The zero-order valence-electron chi connectivity index (χ0n) is 15.6. The van der Waals surface area contributed by atoms with Crippen LogP contribution in [0.25, 0.3) is 0 Å². The Morgan fingerprint density at radius 1 is 1.07 bits per heavy atom. The standard InChI is InChI=1S/C20H24N2O5/c1-3-26-20(24)11-13-22(14-16-8-6-7-12-21-16)19(23)15-27-18-10-5-4-9-17(18)25-2/h4-10,12H,3,11,13-15H2,1-2H3. The fourth-order valence-corrected chi connectivity index (χ4v) is 2.41. The monoisotopic (exact) mass is 372 g/mol. The van der Waals surface area contributed by atoms with Gasteiger partial charge in [0.15, 0.2) is 18.1 Å². The molecule has 7 nitrogen and oxygen atoms in total. The van der Waals surface area contributed by atoms with E-state index in [4.69, 9.17) is 14.2 Å². The van der Waals surface area contributed by atoms with Crippen LogP contribution in [0.2, 0.25) is 0 Å². The van der Waals surface area contributed by atoms with E-state index in [1.807, 2.05) is 18.2 Å². The van der Waals surface area contributed by atoms with Crippen molar-refractivity contribution >= 4 is 11.9 Å². The van der Waals surface area contributed by atoms with Gasteiger partial charge in [-0.05, 0) is 31.2 Å². The number of para-hydroxylation sites is 2. The van der Waals surface area contributed by atoms with Crippen molar-refractivity contribution in [3.05, 3.63) is 54.4 Å². The van der Waals surface area contributed by atoms with E-state index in [1.165, 1.54) is 12.0 Å². The lowest BCUT2D eigenvalue weighted by atomic mass is 10.3. The lowest BCUT2D eigenvalue weighted by Crippen LogP contribution is -2.36. The minimum Gasteiger partial charge on any atom is -0.493 e. The molecule has 1 heterocycles. The minimum absolute atomic E-state index is 0.112. The van der Waals surface area contributed by atoms with Crippen molar-refractivity contribution in [3.63, 3.8) is 0 Å². The molecule has 0 bridgehead atoms. The van der Waals surface area contributed by atoms with Crippen LogP contribution in [-0.2, 0) is 20.9 Å². The molecule has 0 N–H and O–H groups in total. The molecule has 144 valence electrons. The number of rotatable bonds is 10. The number of ether oxygens (including phenoxy) is 3. The second-order valence-corrected chi connectivity index (χ2v) is 5.63. The number of pyridine rings is 1. The van der Waals surface area contributed by atoms with Crippen molar-refractivity contribution < 1.29 is 23.8 Å². The van der Waals surface area contributed by atoms with Gasteiger partial charge in [0.05, 0.1) is 32.4 Å². The van der Waals surface area contributed by atoms with Gasteiger partial charge < -0.3 is 19.1 Å². The highest BCUT2D eigenvalue weighted by Crippen LogP contribution is 2.25. The summed E-state index contributed by atoms with van der Waals surface area (Å²) < 4.78 is 15.8. The molecule has 0 aliphatic heterocycles. The van der Waals surface area contributed by atoms with Gasteiger partial charge in [0.1, 0.15) is 0 Å². The summed E-state index contributed by atoms with van der Waals surface area (Å²) in [6, 6.07) is 12.6. The van der Waals surface area contributed by atoms with E-state index in [2.05, 4.69) is 4.98 Å². The predicted octanol–water partition coefficient (Wildman–Crippen LogP) is 2.45. The van der Waals surface area contributed by atoms with E-state index in [0.717, 1.165) is 5.69 Å². The molecule has 2 aromatic rings. The number of hydrogen-bond acceptors (Lipinski definition) is 6. The van der Waals surface area contributed by atoms with Gasteiger partial charge in [0.2, 0.25) is 0 Å². The summed E-state index contributed by atoms with van der Waals surface area (Å²) >= 11 is 0. The van der Waals surface area contributed by atoms with Crippen molar-refractivity contribution in [1.82, 2.24) is 9.88 Å². The Kier molecular flexibility index (Phi) is 8.09. The third kappa shape index (κ3) is 6.62. The highest BCUT2D eigenvalue weighted by atomic mass is 16.5. The molecule has 2 rings (SSSR count). The first-order valence-electron chi connectivity index (χ1n) is 8.73. The average molecular weight is 372 g/mol. The van der Waals surface area contributed by atoms with Crippen LogP contribution in [0.15, 0.2) is 48.7 Å². The predicted molar refractivity (Wildman–Crippen MR) is 99.4 cm³/mol. The van der Waals surface area contributed by atoms with E-state index in [-0.39, 0.29) is 38.0 Å². The number of benzene rings is 1. The molecule has 0 atom stereocenters. The van der Waals surface area contributed by atoms with Crippen LogP contribution in [0.1, 0.15) is 19.0 Å². The molecule has 0 spiro atoms. The third-order valence-electron chi connectivity index (χ3n) is 3.74. The highest BCUT2D eigenvalue weighted by Gasteiger charge is 2.18. The van der Waals surface area contributed by atoms with Gasteiger partial charge in [0, 0.05) is 12.7 Å². The van der Waals surface area contributed by atoms with E-state index in [9.17, 15) is 9.59 Å². The molecule has 0 fully saturated rings. The summed E-state index contributed by atoms with van der Waals surface area (Å²) in [5.74, 6) is 0.433. The topological polar surface area (TPSA) is 78.0 Å². The number of nitrogens with zero attached hydrogens (tertiary/aromatic N) is 2. The Morgan fingerprint density at radius 2 is 1.81 bits per heavy atom. The fourth-order valence-electron chi connectivity index (χ4n) is 2.41. The number of esters is 1. The molecule has 1 aromatic carbocycles. The number of methoxy groups -OCH3 is 1. The van der Waals surface area contributed by atoms with Crippen molar-refractivity contribution in [2.24, 2.45) is 0 Å². The summed E-state index contributed by atoms with van der Waals surface area (Å²) in [5, 5.41) is 0. The highest BCUT2D eigenvalue weighted by molar-refractivity contribution is 5.78. The van der Waals surface area contributed by atoms with Crippen LogP contribution in [0.3, 0.4) is 0 Å². The molecule has 1 amide bonds. The Morgan fingerprint density at radius 3 is 2.48 bits per heavy atom. The van der Waals surface area contributed by atoms with Crippen LogP contribution < -0.4 is 9.47 Å². The second kappa shape index (κ2) is 10.8. The minimum atomic E-state index is -0.345. The molecule has 0 saturated heterocycles. The summed E-state index contributed by atoms with van der Waals surface area (Å²) in [4.78, 5) is 30.1. The Hall–Kier alpha value is -3.09. The largest absolute Gasteiger partial charge is 0.493 e. The molecule has 0 aliphatic carbocycles. The Bertz CT molecular complexity index is 736. The molecule has 1 aromatic heterocycles. The first-order valence-corrected chi connectivity index (χ1v) is 8.73. The van der Waals surface area contributed by atoms with Gasteiger partial charge >= 0.3 is 5.97 Å². The first-order chi connectivity index (χ1) is 13.1. The van der Waals surface area contributed by atoms with Crippen molar-refractivity contribution in [1.29, 1.82) is 0 Å². The van der Waals surface area contributed by atoms with Crippen LogP contribution in [0.5, 0.6) is 11.5 Å². The van der Waals surface area contributed by atoms with E-state index < -0.39 is 0 Å². The summed E-state index contributed by atoms with van der Waals surface area (Å²) in [7, 11) is 1.54. The van der Waals surface area contributed by atoms with Gasteiger partial charge in [-0.15, -0.1) is 0 Å². The lowest BCUT2D eigenvalue weighted by molar-refractivity contribution is -0.144. The molecule has 0 saturated carbocycles. The van der Waals surface area contributed by atoms with E-state index in [1.54, 1.807) is 37.4 Å². The zero-order valence-corrected chi connectivity index (χ0v) is 15.6.